The summed E-state index contributed by atoms with van der Waals surface area (Å²) in [5.41, 5.74) is 0.240. The van der Waals surface area contributed by atoms with E-state index in [1.807, 2.05) is 0 Å². The molecule has 7 heteroatoms. The Kier molecular flexibility index (Phi) is 3.56. The van der Waals surface area contributed by atoms with Crippen LogP contribution in [0.1, 0.15) is 17.3 Å². The Bertz CT molecular complexity index is 649. The molecule has 0 unspecified atom stereocenters. The molecule has 1 aromatic carbocycles. The minimum absolute atomic E-state index is 0.125. The fourth-order valence-electron chi connectivity index (χ4n) is 2.88. The van der Waals surface area contributed by atoms with E-state index in [1.165, 1.54) is 34.1 Å². The molecule has 1 aromatic rings. The Balaban J connectivity index is 1.78. The number of halogens is 1. The fraction of sp³-hybridized carbons (Fsp3) is 0.400. The molecule has 3 rings (SSSR count). The second-order valence-corrected chi connectivity index (χ2v) is 5.54. The molecule has 116 valence electrons. The van der Waals surface area contributed by atoms with Gasteiger partial charge >= 0.3 is 0 Å². The number of carbonyl (C=O) groups excluding carboxylic acids is 3. The number of rotatable bonds is 1. The van der Waals surface area contributed by atoms with E-state index in [0.29, 0.717) is 13.1 Å². The zero-order chi connectivity index (χ0) is 15.9. The van der Waals surface area contributed by atoms with Crippen LogP contribution in [0.5, 0.6) is 0 Å². The van der Waals surface area contributed by atoms with E-state index in [9.17, 15) is 18.8 Å². The summed E-state index contributed by atoms with van der Waals surface area (Å²) >= 11 is 0. The average molecular weight is 305 g/mol. The minimum atomic E-state index is -0.671. The first-order valence-electron chi connectivity index (χ1n) is 7.13. The van der Waals surface area contributed by atoms with Crippen molar-refractivity contribution >= 4 is 17.7 Å². The van der Waals surface area contributed by atoms with Gasteiger partial charge in [-0.2, -0.15) is 0 Å². The van der Waals surface area contributed by atoms with Crippen LogP contribution in [0.3, 0.4) is 0 Å². The highest BCUT2D eigenvalue weighted by Gasteiger charge is 2.42. The zero-order valence-corrected chi connectivity index (χ0v) is 12.1. The molecule has 22 heavy (non-hydrogen) atoms. The van der Waals surface area contributed by atoms with Gasteiger partial charge in [0.25, 0.3) is 5.91 Å². The highest BCUT2D eigenvalue weighted by Crippen LogP contribution is 2.18. The van der Waals surface area contributed by atoms with Gasteiger partial charge in [0.15, 0.2) is 0 Å². The van der Waals surface area contributed by atoms with Gasteiger partial charge in [0, 0.05) is 18.7 Å². The Labute approximate surface area is 126 Å². The van der Waals surface area contributed by atoms with Crippen LogP contribution in [0.4, 0.5) is 4.39 Å². The monoisotopic (exact) mass is 305 g/mol. The number of hydrogen-bond donors (Lipinski definition) is 1. The fourth-order valence-corrected chi connectivity index (χ4v) is 2.88. The molecule has 0 bridgehead atoms. The van der Waals surface area contributed by atoms with Gasteiger partial charge in [-0.05, 0) is 25.1 Å². The maximum Gasteiger partial charge on any atom is 0.254 e. The zero-order valence-electron chi connectivity index (χ0n) is 12.1. The molecule has 0 spiro atoms. The molecule has 2 atom stereocenters. The minimum Gasteiger partial charge on any atom is -0.343 e. The van der Waals surface area contributed by atoms with Gasteiger partial charge in [0.2, 0.25) is 11.8 Å². The van der Waals surface area contributed by atoms with E-state index < -0.39 is 17.9 Å². The van der Waals surface area contributed by atoms with E-state index in [2.05, 4.69) is 5.32 Å². The van der Waals surface area contributed by atoms with Gasteiger partial charge in [0.05, 0.1) is 6.54 Å². The SMILES string of the molecule is C[C@H]1NC(=O)[C@H]2CN(C(=O)c3cccc(F)c3)CCN2C1=O. The predicted octanol–water partition coefficient (Wildman–Crippen LogP) is -0.00300. The summed E-state index contributed by atoms with van der Waals surface area (Å²) in [6, 6.07) is 4.24. The number of piperazine rings is 2. The Morgan fingerprint density at radius 2 is 2.09 bits per heavy atom. The molecule has 2 saturated heterocycles. The lowest BCUT2D eigenvalue weighted by atomic mass is 10.0. The number of amides is 3. The van der Waals surface area contributed by atoms with Crippen molar-refractivity contribution in [3.05, 3.63) is 35.6 Å². The van der Waals surface area contributed by atoms with Crippen molar-refractivity contribution in [3.8, 4) is 0 Å². The summed E-state index contributed by atoms with van der Waals surface area (Å²) in [5, 5.41) is 2.61. The molecule has 0 saturated carbocycles. The van der Waals surface area contributed by atoms with Crippen LogP contribution in [-0.4, -0.2) is 59.2 Å². The van der Waals surface area contributed by atoms with E-state index >= 15 is 0 Å². The first-order valence-corrected chi connectivity index (χ1v) is 7.13. The van der Waals surface area contributed by atoms with E-state index in [1.54, 1.807) is 6.92 Å². The largest absolute Gasteiger partial charge is 0.343 e. The molecule has 0 aromatic heterocycles. The maximum atomic E-state index is 13.2. The quantitative estimate of drug-likeness (QED) is 0.794. The first kappa shape index (κ1) is 14.5. The molecule has 2 aliphatic heterocycles. The summed E-state index contributed by atoms with van der Waals surface area (Å²) in [4.78, 5) is 39.5. The highest BCUT2D eigenvalue weighted by molar-refractivity contribution is 5.99. The second kappa shape index (κ2) is 5.40. The predicted molar refractivity (Wildman–Crippen MR) is 75.4 cm³/mol. The van der Waals surface area contributed by atoms with Crippen molar-refractivity contribution in [1.82, 2.24) is 15.1 Å². The summed E-state index contributed by atoms with van der Waals surface area (Å²) in [6.07, 6.45) is 0. The van der Waals surface area contributed by atoms with Gasteiger partial charge in [0.1, 0.15) is 17.9 Å². The number of carbonyl (C=O) groups is 3. The molecule has 0 radical (unpaired) electrons. The number of fused-ring (bicyclic) bond motifs is 1. The van der Waals surface area contributed by atoms with Gasteiger partial charge in [-0.3, -0.25) is 14.4 Å². The first-order chi connectivity index (χ1) is 10.5. The lowest BCUT2D eigenvalue weighted by Gasteiger charge is -2.44. The van der Waals surface area contributed by atoms with Gasteiger partial charge in [-0.1, -0.05) is 6.07 Å². The Hall–Kier alpha value is -2.44. The van der Waals surface area contributed by atoms with Crippen LogP contribution >= 0.6 is 0 Å². The number of nitrogens with one attached hydrogen (secondary N) is 1. The Morgan fingerprint density at radius 1 is 1.32 bits per heavy atom. The lowest BCUT2D eigenvalue weighted by Crippen LogP contribution is -2.69. The van der Waals surface area contributed by atoms with Crippen LogP contribution in [0.2, 0.25) is 0 Å². The molecule has 1 N–H and O–H groups in total. The van der Waals surface area contributed by atoms with Gasteiger partial charge in [-0.25, -0.2) is 4.39 Å². The normalized spacial score (nSPS) is 24.8. The van der Waals surface area contributed by atoms with Crippen molar-refractivity contribution in [2.75, 3.05) is 19.6 Å². The summed E-state index contributed by atoms with van der Waals surface area (Å²) in [6.45, 7) is 2.40. The maximum absolute atomic E-state index is 13.2. The van der Waals surface area contributed by atoms with E-state index in [4.69, 9.17) is 0 Å². The summed E-state index contributed by atoms with van der Waals surface area (Å²) < 4.78 is 13.2. The molecule has 2 heterocycles. The van der Waals surface area contributed by atoms with Gasteiger partial charge < -0.3 is 15.1 Å². The molecular formula is C15H16FN3O3. The molecule has 2 fully saturated rings. The topological polar surface area (TPSA) is 69.7 Å². The third kappa shape index (κ3) is 2.43. The lowest BCUT2D eigenvalue weighted by molar-refractivity contribution is -0.151. The Morgan fingerprint density at radius 3 is 2.82 bits per heavy atom. The van der Waals surface area contributed by atoms with Crippen molar-refractivity contribution in [2.45, 2.75) is 19.0 Å². The van der Waals surface area contributed by atoms with Crippen molar-refractivity contribution in [2.24, 2.45) is 0 Å². The van der Waals surface area contributed by atoms with Gasteiger partial charge in [-0.15, -0.1) is 0 Å². The average Bonchev–Trinajstić information content (AvgIpc) is 2.51. The van der Waals surface area contributed by atoms with Crippen molar-refractivity contribution in [3.63, 3.8) is 0 Å². The highest BCUT2D eigenvalue weighted by atomic mass is 19.1. The number of nitrogens with zero attached hydrogens (tertiary/aromatic N) is 2. The third-order valence-corrected chi connectivity index (χ3v) is 4.05. The second-order valence-electron chi connectivity index (χ2n) is 5.54. The third-order valence-electron chi connectivity index (χ3n) is 4.05. The van der Waals surface area contributed by atoms with Crippen molar-refractivity contribution < 1.29 is 18.8 Å². The van der Waals surface area contributed by atoms with Crippen LogP contribution in [0, 0.1) is 5.82 Å². The molecule has 0 aliphatic carbocycles. The van der Waals surface area contributed by atoms with E-state index in [0.717, 1.165) is 0 Å². The molecule has 6 nitrogen and oxygen atoms in total. The number of hydrogen-bond acceptors (Lipinski definition) is 3. The van der Waals surface area contributed by atoms with Crippen LogP contribution in [0.25, 0.3) is 0 Å². The van der Waals surface area contributed by atoms with Crippen LogP contribution in [-0.2, 0) is 9.59 Å². The molecule has 2 aliphatic rings. The van der Waals surface area contributed by atoms with E-state index in [-0.39, 0.29) is 29.8 Å². The summed E-state index contributed by atoms with van der Waals surface area (Å²) in [5.74, 6) is -1.21. The molecule has 3 amide bonds. The smallest absolute Gasteiger partial charge is 0.254 e. The van der Waals surface area contributed by atoms with Crippen LogP contribution in [0.15, 0.2) is 24.3 Å². The van der Waals surface area contributed by atoms with Crippen LogP contribution < -0.4 is 5.32 Å². The number of benzene rings is 1. The van der Waals surface area contributed by atoms with Crippen molar-refractivity contribution in [1.29, 1.82) is 0 Å². The standard InChI is InChI=1S/C15H16FN3O3/c1-9-14(21)19-6-5-18(8-12(19)13(20)17-9)15(22)10-3-2-4-11(16)7-10/h2-4,7,9,12H,5-6,8H2,1H3,(H,17,20)/t9-,12-/m1/s1. The molecular weight excluding hydrogens is 289 g/mol. The summed E-state index contributed by atoms with van der Waals surface area (Å²) in [7, 11) is 0.